The van der Waals surface area contributed by atoms with Gasteiger partial charge in [-0.2, -0.15) is 0 Å². The topological polar surface area (TPSA) is 55.1 Å². The summed E-state index contributed by atoms with van der Waals surface area (Å²) in [6.45, 7) is 0.993. The van der Waals surface area contributed by atoms with Crippen LogP contribution in [-0.2, 0) is 4.79 Å². The van der Waals surface area contributed by atoms with E-state index in [0.29, 0.717) is 6.42 Å². The Labute approximate surface area is 67.9 Å². The molecule has 66 valence electrons. The Morgan fingerprint density at radius 3 is 2.36 bits per heavy atom. The smallest absolute Gasteiger partial charge is 0.234 e. The molecule has 0 aromatic heterocycles. The molecular weight excluding hydrogens is 142 g/mol. The summed E-state index contributed by atoms with van der Waals surface area (Å²) in [5.41, 5.74) is 2.11. The third-order valence-electron chi connectivity index (χ3n) is 1.39. The lowest BCUT2D eigenvalue weighted by atomic mass is 10.3. The minimum atomic E-state index is -0.0848. The van der Waals surface area contributed by atoms with Gasteiger partial charge < -0.3 is 4.48 Å². The van der Waals surface area contributed by atoms with Gasteiger partial charge in [-0.1, -0.05) is 0 Å². The summed E-state index contributed by atoms with van der Waals surface area (Å²) in [7, 11) is 6.29. The van der Waals surface area contributed by atoms with Crippen molar-refractivity contribution in [2.45, 2.75) is 12.8 Å². The minimum Gasteiger partial charge on any atom is -0.331 e. The summed E-state index contributed by atoms with van der Waals surface area (Å²) in [6.07, 6.45) is 1.40. The van der Waals surface area contributed by atoms with Crippen LogP contribution in [0.15, 0.2) is 0 Å². The van der Waals surface area contributed by atoms with Crippen molar-refractivity contribution in [1.82, 2.24) is 5.43 Å². The van der Waals surface area contributed by atoms with E-state index in [4.69, 9.17) is 5.84 Å². The molecule has 0 saturated heterocycles. The molecule has 0 fully saturated rings. The summed E-state index contributed by atoms with van der Waals surface area (Å²) < 4.78 is 0.887. The van der Waals surface area contributed by atoms with E-state index in [0.717, 1.165) is 17.4 Å². The number of rotatable bonds is 4. The molecule has 0 saturated carbocycles. The molecule has 0 bridgehead atoms. The second-order valence-corrected chi connectivity index (χ2v) is 3.68. The Morgan fingerprint density at radius 2 is 2.00 bits per heavy atom. The van der Waals surface area contributed by atoms with Gasteiger partial charge in [-0.15, -0.1) is 0 Å². The highest BCUT2D eigenvalue weighted by atomic mass is 16.2. The van der Waals surface area contributed by atoms with E-state index in [1.807, 2.05) is 0 Å². The monoisotopic (exact) mass is 160 g/mol. The molecule has 0 aliphatic heterocycles. The van der Waals surface area contributed by atoms with Gasteiger partial charge >= 0.3 is 0 Å². The second kappa shape index (κ2) is 4.31. The number of nitrogens with one attached hydrogen (secondary N) is 1. The van der Waals surface area contributed by atoms with Crippen LogP contribution in [0.2, 0.25) is 0 Å². The average molecular weight is 160 g/mol. The zero-order valence-corrected chi connectivity index (χ0v) is 7.55. The van der Waals surface area contributed by atoms with Crippen molar-refractivity contribution in [2.24, 2.45) is 5.84 Å². The maximum absolute atomic E-state index is 10.7. The number of quaternary nitrogens is 1. The quantitative estimate of drug-likeness (QED) is 0.251. The highest BCUT2D eigenvalue weighted by Gasteiger charge is 2.07. The first-order valence-electron chi connectivity index (χ1n) is 3.75. The van der Waals surface area contributed by atoms with E-state index in [2.05, 4.69) is 26.6 Å². The van der Waals surface area contributed by atoms with Crippen molar-refractivity contribution < 1.29 is 9.28 Å². The average Bonchev–Trinajstić information content (AvgIpc) is 1.85. The Hall–Kier alpha value is -0.610. The Kier molecular flexibility index (Phi) is 4.07. The Bertz CT molecular complexity index is 128. The SMILES string of the molecule is C[N+](C)(C)CCCC(=O)NN. The third kappa shape index (κ3) is 7.29. The third-order valence-corrected chi connectivity index (χ3v) is 1.39. The first kappa shape index (κ1) is 10.4. The van der Waals surface area contributed by atoms with Gasteiger partial charge in [0.05, 0.1) is 27.7 Å². The summed E-state index contributed by atoms with van der Waals surface area (Å²) in [5, 5.41) is 0. The molecule has 0 unspecified atom stereocenters. The maximum Gasteiger partial charge on any atom is 0.234 e. The van der Waals surface area contributed by atoms with E-state index in [-0.39, 0.29) is 5.91 Å². The molecule has 0 aliphatic carbocycles. The first-order valence-corrected chi connectivity index (χ1v) is 3.75. The van der Waals surface area contributed by atoms with Crippen LogP contribution in [0.4, 0.5) is 0 Å². The van der Waals surface area contributed by atoms with Gasteiger partial charge in [0.1, 0.15) is 0 Å². The van der Waals surface area contributed by atoms with Gasteiger partial charge in [0.25, 0.3) is 0 Å². The van der Waals surface area contributed by atoms with Crippen molar-refractivity contribution in [1.29, 1.82) is 0 Å². The molecular formula is C7H18N3O+. The lowest BCUT2D eigenvalue weighted by Crippen LogP contribution is -2.36. The molecule has 0 aromatic carbocycles. The lowest BCUT2D eigenvalue weighted by Gasteiger charge is -2.23. The van der Waals surface area contributed by atoms with Gasteiger partial charge in [-0.25, -0.2) is 5.84 Å². The maximum atomic E-state index is 10.7. The number of hydrogen-bond acceptors (Lipinski definition) is 2. The molecule has 4 nitrogen and oxygen atoms in total. The summed E-state index contributed by atoms with van der Waals surface area (Å²) in [4.78, 5) is 10.7. The Balaban J connectivity index is 3.35. The Morgan fingerprint density at radius 1 is 1.45 bits per heavy atom. The van der Waals surface area contributed by atoms with Crippen LogP contribution in [0.25, 0.3) is 0 Å². The molecule has 0 aliphatic rings. The number of nitrogens with zero attached hydrogens (tertiary/aromatic N) is 1. The summed E-state index contributed by atoms with van der Waals surface area (Å²) in [6, 6.07) is 0. The minimum absolute atomic E-state index is 0.0848. The van der Waals surface area contributed by atoms with Gasteiger partial charge in [0, 0.05) is 12.8 Å². The van der Waals surface area contributed by atoms with E-state index >= 15 is 0 Å². The number of carbonyl (C=O) groups is 1. The highest BCUT2D eigenvalue weighted by molar-refractivity contribution is 5.75. The van der Waals surface area contributed by atoms with Gasteiger partial charge in [0.2, 0.25) is 5.91 Å². The molecule has 0 heterocycles. The molecule has 0 spiro atoms. The standard InChI is InChI=1S/C7H17N3O/c1-10(2,3)6-4-5-7(11)9-8/h4-6,8H2,1-3H3/p+1. The van der Waals surface area contributed by atoms with E-state index in [1.165, 1.54) is 0 Å². The van der Waals surface area contributed by atoms with Crippen LogP contribution in [0, 0.1) is 0 Å². The van der Waals surface area contributed by atoms with Crippen LogP contribution in [0.1, 0.15) is 12.8 Å². The van der Waals surface area contributed by atoms with Crippen LogP contribution >= 0.6 is 0 Å². The first-order chi connectivity index (χ1) is 4.95. The van der Waals surface area contributed by atoms with Crippen molar-refractivity contribution in [3.8, 4) is 0 Å². The molecule has 11 heavy (non-hydrogen) atoms. The number of hydrogen-bond donors (Lipinski definition) is 2. The zero-order valence-electron chi connectivity index (χ0n) is 7.55. The fourth-order valence-electron chi connectivity index (χ4n) is 0.786. The van der Waals surface area contributed by atoms with E-state index in [1.54, 1.807) is 0 Å². The van der Waals surface area contributed by atoms with Gasteiger partial charge in [-0.05, 0) is 0 Å². The van der Waals surface area contributed by atoms with Gasteiger partial charge in [-0.3, -0.25) is 10.2 Å². The van der Waals surface area contributed by atoms with Crippen molar-refractivity contribution in [3.63, 3.8) is 0 Å². The predicted octanol–water partition coefficient (Wildman–Crippen LogP) is -0.537. The molecule has 0 aromatic rings. The molecule has 0 atom stereocenters. The lowest BCUT2D eigenvalue weighted by molar-refractivity contribution is -0.870. The molecule has 0 radical (unpaired) electrons. The molecule has 3 N–H and O–H groups in total. The molecule has 1 amide bonds. The molecule has 4 heteroatoms. The number of amides is 1. The van der Waals surface area contributed by atoms with Crippen molar-refractivity contribution >= 4 is 5.91 Å². The van der Waals surface area contributed by atoms with Crippen LogP contribution in [0.3, 0.4) is 0 Å². The van der Waals surface area contributed by atoms with Crippen LogP contribution in [-0.4, -0.2) is 38.1 Å². The van der Waals surface area contributed by atoms with E-state index < -0.39 is 0 Å². The predicted molar refractivity (Wildman–Crippen MR) is 44.5 cm³/mol. The van der Waals surface area contributed by atoms with Crippen molar-refractivity contribution in [3.05, 3.63) is 0 Å². The van der Waals surface area contributed by atoms with Crippen LogP contribution < -0.4 is 11.3 Å². The van der Waals surface area contributed by atoms with E-state index in [9.17, 15) is 4.79 Å². The molecule has 0 rings (SSSR count). The highest BCUT2D eigenvalue weighted by Crippen LogP contribution is 1.96. The number of nitrogens with two attached hydrogens (primary N) is 1. The van der Waals surface area contributed by atoms with Gasteiger partial charge in [0.15, 0.2) is 0 Å². The summed E-state index contributed by atoms with van der Waals surface area (Å²) in [5.74, 6) is 4.83. The van der Waals surface area contributed by atoms with Crippen LogP contribution in [0.5, 0.6) is 0 Å². The fourth-order valence-corrected chi connectivity index (χ4v) is 0.786. The number of carbonyl (C=O) groups excluding carboxylic acids is 1. The largest absolute Gasteiger partial charge is 0.331 e. The zero-order chi connectivity index (χ0) is 8.91. The number of hydrazine groups is 1. The second-order valence-electron chi connectivity index (χ2n) is 3.68. The summed E-state index contributed by atoms with van der Waals surface area (Å²) >= 11 is 0. The normalized spacial score (nSPS) is 11.3. The fraction of sp³-hybridized carbons (Fsp3) is 0.857. The van der Waals surface area contributed by atoms with Crippen molar-refractivity contribution in [2.75, 3.05) is 27.7 Å².